The van der Waals surface area contributed by atoms with Crippen molar-refractivity contribution in [1.82, 2.24) is 29.7 Å². The van der Waals surface area contributed by atoms with Gasteiger partial charge in [-0.25, -0.2) is 19.3 Å². The third-order valence-electron chi connectivity index (χ3n) is 6.10. The standard InChI is InChI=1S/C26H33FN6O4.ClH/c1-17(2)29-22(34)16-33-25(21-6-4-7-23(30-21)36-3)31-24-20(26(33)35)14-19(15-28-24)37-13-5-10-32-11-8-18(27)9-12-32;/h4,6-7,14-15,17-18H,5,8-13,16H2,1-3H3,(H,29,34);1H. The predicted octanol–water partition coefficient (Wildman–Crippen LogP) is 3.01. The Bertz CT molecular complexity index is 1300. The van der Waals surface area contributed by atoms with Gasteiger partial charge in [-0.05, 0) is 45.2 Å². The number of fused-ring (bicyclic) bond motifs is 1. The van der Waals surface area contributed by atoms with E-state index in [1.807, 2.05) is 13.8 Å². The number of halogens is 2. The number of piperidine rings is 1. The van der Waals surface area contributed by atoms with Crippen molar-refractivity contribution in [2.45, 2.75) is 51.9 Å². The molecule has 1 aliphatic heterocycles. The summed E-state index contributed by atoms with van der Waals surface area (Å²) in [5, 5.41) is 3.05. The smallest absolute Gasteiger partial charge is 0.263 e. The SMILES string of the molecule is COc1cccc(-c2nc3ncc(OCCCN4CCC(F)CC4)cc3c(=O)n2CC(=O)NC(C)C)n1.Cl. The van der Waals surface area contributed by atoms with Crippen LogP contribution in [0, 0.1) is 0 Å². The van der Waals surface area contributed by atoms with Gasteiger partial charge in [-0.1, -0.05) is 6.07 Å². The van der Waals surface area contributed by atoms with Gasteiger partial charge in [-0.2, -0.15) is 0 Å². The number of methoxy groups -OCH3 is 1. The van der Waals surface area contributed by atoms with Crippen molar-refractivity contribution < 1.29 is 18.7 Å². The van der Waals surface area contributed by atoms with Crippen molar-refractivity contribution in [3.63, 3.8) is 0 Å². The lowest BCUT2D eigenvalue weighted by Crippen LogP contribution is -2.37. The maximum absolute atomic E-state index is 13.6. The van der Waals surface area contributed by atoms with Gasteiger partial charge in [0, 0.05) is 31.7 Å². The number of hydrogen-bond acceptors (Lipinski definition) is 8. The Morgan fingerprint density at radius 1 is 1.24 bits per heavy atom. The number of aromatic nitrogens is 4. The van der Waals surface area contributed by atoms with E-state index < -0.39 is 11.7 Å². The summed E-state index contributed by atoms with van der Waals surface area (Å²) in [5.41, 5.74) is 0.191. The summed E-state index contributed by atoms with van der Waals surface area (Å²) < 4.78 is 25.7. The summed E-state index contributed by atoms with van der Waals surface area (Å²) in [6.07, 6.45) is 2.77. The Morgan fingerprint density at radius 3 is 2.71 bits per heavy atom. The highest BCUT2D eigenvalue weighted by molar-refractivity contribution is 5.85. The third kappa shape index (κ3) is 7.38. The van der Waals surface area contributed by atoms with E-state index in [2.05, 4.69) is 25.2 Å². The zero-order valence-electron chi connectivity index (χ0n) is 21.9. The molecule has 0 radical (unpaired) electrons. The average molecular weight is 549 g/mol. The molecule has 1 saturated heterocycles. The molecule has 1 aliphatic rings. The lowest BCUT2D eigenvalue weighted by Gasteiger charge is -2.28. The highest BCUT2D eigenvalue weighted by atomic mass is 35.5. The summed E-state index contributed by atoms with van der Waals surface area (Å²) in [7, 11) is 1.50. The minimum Gasteiger partial charge on any atom is -0.492 e. The van der Waals surface area contributed by atoms with Crippen molar-refractivity contribution in [1.29, 1.82) is 0 Å². The summed E-state index contributed by atoms with van der Waals surface area (Å²) in [6, 6.07) is 6.63. The first-order valence-corrected chi connectivity index (χ1v) is 12.5. The van der Waals surface area contributed by atoms with Gasteiger partial charge in [0.05, 0.1) is 25.3 Å². The number of pyridine rings is 2. The number of nitrogens with zero attached hydrogens (tertiary/aromatic N) is 5. The minimum absolute atomic E-state index is 0. The van der Waals surface area contributed by atoms with Crippen LogP contribution >= 0.6 is 12.4 Å². The fourth-order valence-corrected chi connectivity index (χ4v) is 4.28. The second kappa shape index (κ2) is 13.5. The van der Waals surface area contributed by atoms with Crippen LogP contribution in [0.2, 0.25) is 0 Å². The molecular weight excluding hydrogens is 515 g/mol. The molecule has 0 atom stereocenters. The molecule has 0 unspecified atom stereocenters. The molecule has 1 N–H and O–H groups in total. The Hall–Kier alpha value is -3.31. The lowest BCUT2D eigenvalue weighted by atomic mass is 10.1. The average Bonchev–Trinajstić information content (AvgIpc) is 2.89. The second-order valence-electron chi connectivity index (χ2n) is 9.37. The van der Waals surface area contributed by atoms with Crippen LogP contribution in [0.15, 0.2) is 35.3 Å². The van der Waals surface area contributed by atoms with Gasteiger partial charge in [0.1, 0.15) is 24.2 Å². The molecule has 4 rings (SSSR count). The van der Waals surface area contributed by atoms with Crippen molar-refractivity contribution in [3.05, 3.63) is 40.8 Å². The van der Waals surface area contributed by atoms with Crippen molar-refractivity contribution in [3.8, 4) is 23.1 Å². The Morgan fingerprint density at radius 2 is 2.00 bits per heavy atom. The molecule has 38 heavy (non-hydrogen) atoms. The minimum atomic E-state index is -0.689. The molecule has 0 saturated carbocycles. The number of rotatable bonds is 10. The van der Waals surface area contributed by atoms with Crippen LogP contribution in [-0.4, -0.2) is 75.9 Å². The molecule has 0 aliphatic carbocycles. The van der Waals surface area contributed by atoms with Gasteiger partial charge in [-0.15, -0.1) is 12.4 Å². The molecule has 206 valence electrons. The summed E-state index contributed by atoms with van der Waals surface area (Å²) in [5.74, 6) is 0.697. The molecule has 4 heterocycles. The van der Waals surface area contributed by atoms with Gasteiger partial charge < -0.3 is 19.7 Å². The molecule has 3 aromatic heterocycles. The maximum Gasteiger partial charge on any atom is 0.263 e. The van der Waals surface area contributed by atoms with Crippen LogP contribution in [0.3, 0.4) is 0 Å². The van der Waals surface area contributed by atoms with Crippen molar-refractivity contribution >= 4 is 29.3 Å². The number of nitrogens with one attached hydrogen (secondary N) is 1. The fraction of sp³-hybridized carbons (Fsp3) is 0.500. The molecule has 0 aromatic carbocycles. The van der Waals surface area contributed by atoms with Crippen LogP contribution in [-0.2, 0) is 11.3 Å². The van der Waals surface area contributed by atoms with Gasteiger partial charge in [-0.3, -0.25) is 14.2 Å². The molecule has 0 bridgehead atoms. The fourth-order valence-electron chi connectivity index (χ4n) is 4.28. The number of hydrogen-bond donors (Lipinski definition) is 1. The number of likely N-dealkylation sites (tertiary alicyclic amines) is 1. The Balaban J connectivity index is 0.00000400. The Kier molecular flexibility index (Phi) is 10.4. The molecular formula is C26H34ClFN6O4. The van der Waals surface area contributed by atoms with E-state index in [0.717, 1.165) is 26.1 Å². The van der Waals surface area contributed by atoms with Crippen LogP contribution in [0.5, 0.6) is 11.6 Å². The monoisotopic (exact) mass is 548 g/mol. The number of ether oxygens (including phenoxy) is 2. The quantitative estimate of drug-likeness (QED) is 0.385. The van der Waals surface area contributed by atoms with E-state index in [9.17, 15) is 14.0 Å². The van der Waals surface area contributed by atoms with Gasteiger partial charge in [0.25, 0.3) is 5.56 Å². The highest BCUT2D eigenvalue weighted by Gasteiger charge is 2.19. The first-order chi connectivity index (χ1) is 17.8. The normalized spacial score (nSPS) is 14.3. The van der Waals surface area contributed by atoms with Gasteiger partial charge in [0.2, 0.25) is 11.8 Å². The molecule has 10 nitrogen and oxygen atoms in total. The number of amides is 1. The van der Waals surface area contributed by atoms with E-state index in [-0.39, 0.29) is 47.8 Å². The lowest BCUT2D eigenvalue weighted by molar-refractivity contribution is -0.122. The summed E-state index contributed by atoms with van der Waals surface area (Å²) >= 11 is 0. The number of carbonyl (C=O) groups is 1. The van der Waals surface area contributed by atoms with E-state index in [0.29, 0.717) is 36.8 Å². The molecule has 1 fully saturated rings. The summed E-state index contributed by atoms with van der Waals surface area (Å²) in [4.78, 5) is 41.7. The van der Waals surface area contributed by atoms with E-state index in [1.165, 1.54) is 17.9 Å². The number of carbonyl (C=O) groups excluding carboxylic acids is 1. The highest BCUT2D eigenvalue weighted by Crippen LogP contribution is 2.21. The van der Waals surface area contributed by atoms with Crippen molar-refractivity contribution in [2.24, 2.45) is 0 Å². The largest absolute Gasteiger partial charge is 0.492 e. The van der Waals surface area contributed by atoms with Crippen molar-refractivity contribution in [2.75, 3.05) is 33.4 Å². The third-order valence-corrected chi connectivity index (χ3v) is 6.10. The predicted molar refractivity (Wildman–Crippen MR) is 145 cm³/mol. The van der Waals surface area contributed by atoms with Gasteiger partial charge >= 0.3 is 0 Å². The van der Waals surface area contributed by atoms with E-state index in [1.54, 1.807) is 24.3 Å². The Labute approximate surface area is 227 Å². The molecule has 0 spiro atoms. The zero-order chi connectivity index (χ0) is 26.4. The van der Waals surface area contributed by atoms with E-state index >= 15 is 0 Å². The number of alkyl halides is 1. The first-order valence-electron chi connectivity index (χ1n) is 12.5. The maximum atomic E-state index is 13.6. The van der Waals surface area contributed by atoms with Crippen LogP contribution in [0.4, 0.5) is 4.39 Å². The second-order valence-corrected chi connectivity index (χ2v) is 9.37. The van der Waals surface area contributed by atoms with E-state index in [4.69, 9.17) is 9.47 Å². The summed E-state index contributed by atoms with van der Waals surface area (Å²) in [6.45, 7) is 6.25. The zero-order valence-corrected chi connectivity index (χ0v) is 22.7. The first kappa shape index (κ1) is 29.2. The molecule has 3 aromatic rings. The van der Waals surface area contributed by atoms with Crippen LogP contribution < -0.4 is 20.3 Å². The molecule has 1 amide bonds. The van der Waals surface area contributed by atoms with Gasteiger partial charge in [0.15, 0.2) is 11.5 Å². The van der Waals surface area contributed by atoms with Crippen LogP contribution in [0.1, 0.15) is 33.1 Å². The van der Waals surface area contributed by atoms with Crippen LogP contribution in [0.25, 0.3) is 22.6 Å². The molecule has 12 heteroatoms. The topological polar surface area (TPSA) is 111 Å².